The van der Waals surface area contributed by atoms with E-state index in [1.54, 1.807) is 0 Å². The Morgan fingerprint density at radius 3 is 2.69 bits per heavy atom. The number of methoxy groups -OCH3 is 1. The van der Waals surface area contributed by atoms with Crippen LogP contribution in [0.25, 0.3) is 0 Å². The first-order valence-corrected chi connectivity index (χ1v) is 4.05. The molecule has 16 heavy (non-hydrogen) atoms. The summed E-state index contributed by atoms with van der Waals surface area (Å²) in [5.41, 5.74) is -0.446. The fourth-order valence-electron chi connectivity index (χ4n) is 1.03. The molecule has 86 valence electrons. The Morgan fingerprint density at radius 1 is 1.62 bits per heavy atom. The zero-order valence-electron chi connectivity index (χ0n) is 8.46. The van der Waals surface area contributed by atoms with Gasteiger partial charge in [-0.2, -0.15) is 4.79 Å². The van der Waals surface area contributed by atoms with E-state index in [4.69, 9.17) is 0 Å². The number of hydrogen-bond donors (Lipinski definition) is 1. The van der Waals surface area contributed by atoms with Crippen molar-refractivity contribution in [2.24, 2.45) is 0 Å². The van der Waals surface area contributed by atoms with Gasteiger partial charge in [-0.15, -0.1) is 4.57 Å². The van der Waals surface area contributed by atoms with Crippen LogP contribution in [0, 0.1) is 10.1 Å². The van der Waals surface area contributed by atoms with E-state index in [2.05, 4.69) is 15.0 Å². The van der Waals surface area contributed by atoms with Crippen LogP contribution in [0.15, 0.2) is 6.33 Å². The van der Waals surface area contributed by atoms with E-state index in [-0.39, 0.29) is 0 Å². The topological polar surface area (TPSA) is 116 Å². The Bertz CT molecular complexity index is 418. The molecule has 1 N–H and O–H groups in total. The fourth-order valence-corrected chi connectivity index (χ4v) is 1.03. The lowest BCUT2D eigenvalue weighted by Crippen LogP contribution is -2.21. The van der Waals surface area contributed by atoms with Gasteiger partial charge in [0.2, 0.25) is 5.69 Å². The third-order valence-electron chi connectivity index (χ3n) is 1.73. The first-order valence-electron chi connectivity index (χ1n) is 4.05. The second-order valence-corrected chi connectivity index (χ2v) is 2.59. The molecule has 0 spiro atoms. The second-order valence-electron chi connectivity index (χ2n) is 2.59. The largest absolute Gasteiger partial charge is 0.513 e. The van der Waals surface area contributed by atoms with Gasteiger partial charge in [-0.3, -0.25) is 4.79 Å². The Kier molecular flexibility index (Phi) is 3.18. The van der Waals surface area contributed by atoms with Crippen molar-refractivity contribution in [3.8, 4) is 0 Å². The maximum atomic E-state index is 11.2. The summed E-state index contributed by atoms with van der Waals surface area (Å²) in [5, 5.41) is 12.9. The molecule has 1 aromatic rings. The molecule has 0 aliphatic rings. The average Bonchev–Trinajstić information content (AvgIpc) is 2.71. The van der Waals surface area contributed by atoms with E-state index in [0.29, 0.717) is 4.57 Å². The lowest BCUT2D eigenvalue weighted by Gasteiger charge is -1.99. The van der Waals surface area contributed by atoms with E-state index in [9.17, 15) is 19.7 Å². The van der Waals surface area contributed by atoms with Crippen molar-refractivity contribution in [2.45, 2.75) is 0 Å². The molecule has 9 nitrogen and oxygen atoms in total. The van der Waals surface area contributed by atoms with Crippen LogP contribution in [0.2, 0.25) is 0 Å². The quantitative estimate of drug-likeness (QED) is 0.551. The molecule has 9 heteroatoms. The minimum atomic E-state index is -0.991. The molecule has 0 aliphatic heterocycles. The van der Waals surface area contributed by atoms with Crippen molar-refractivity contribution in [1.29, 1.82) is 0 Å². The summed E-state index contributed by atoms with van der Waals surface area (Å²) in [6.45, 7) is 0. The number of nitro groups is 1. The molecule has 1 rings (SSSR count). The first-order chi connectivity index (χ1) is 7.52. The Morgan fingerprint density at radius 2 is 2.25 bits per heavy atom. The molecule has 0 unspecified atom stereocenters. The number of ether oxygens (including phenoxy) is 1. The molecule has 1 aromatic heterocycles. The van der Waals surface area contributed by atoms with Gasteiger partial charge in [0.25, 0.3) is 5.91 Å². The number of amides is 1. The van der Waals surface area contributed by atoms with Crippen LogP contribution in [0.5, 0.6) is 0 Å². The summed E-state index contributed by atoms with van der Waals surface area (Å²) in [6.07, 6.45) is -0.136. The summed E-state index contributed by atoms with van der Waals surface area (Å²) in [6, 6.07) is 0. The predicted octanol–water partition coefficient (Wildman–Crippen LogP) is -0.235. The van der Waals surface area contributed by atoms with E-state index in [1.165, 1.54) is 7.05 Å². The van der Waals surface area contributed by atoms with Crippen molar-refractivity contribution in [3.05, 3.63) is 22.1 Å². The summed E-state index contributed by atoms with van der Waals surface area (Å²) in [5.74, 6) is -1.49. The number of nitrogens with zero attached hydrogens (tertiary/aromatic N) is 3. The number of carbonyl (C=O) groups is 2. The lowest BCUT2D eigenvalue weighted by molar-refractivity contribution is -0.391. The average molecular weight is 228 g/mol. The molecule has 0 aromatic carbocycles. The van der Waals surface area contributed by atoms with Crippen LogP contribution in [-0.2, 0) is 4.74 Å². The zero-order valence-corrected chi connectivity index (χ0v) is 8.46. The third kappa shape index (κ3) is 1.82. The van der Waals surface area contributed by atoms with E-state index in [1.807, 2.05) is 0 Å². The molecule has 0 saturated heterocycles. The molecule has 0 atom stereocenters. The molecule has 0 saturated carbocycles. The molecule has 0 bridgehead atoms. The lowest BCUT2D eigenvalue weighted by atomic mass is 10.4. The minimum absolute atomic E-state index is 0.446. The standard InChI is InChI=1S/C7H8N4O5/c1-8-5(12)4-6(11(14)15)10(3-9-4)7(13)16-2/h3H,1-2H3,(H,8,12). The van der Waals surface area contributed by atoms with Gasteiger partial charge in [0.05, 0.1) is 7.11 Å². The fraction of sp³-hybridized carbons (Fsp3) is 0.286. The van der Waals surface area contributed by atoms with Gasteiger partial charge in [0, 0.05) is 7.05 Å². The van der Waals surface area contributed by atoms with Crippen LogP contribution in [0.1, 0.15) is 10.5 Å². The van der Waals surface area contributed by atoms with Crippen LogP contribution in [0.3, 0.4) is 0 Å². The Labute approximate surface area is 89.2 Å². The van der Waals surface area contributed by atoms with Crippen molar-refractivity contribution in [2.75, 3.05) is 14.2 Å². The van der Waals surface area contributed by atoms with Crippen LogP contribution >= 0.6 is 0 Å². The zero-order chi connectivity index (χ0) is 12.3. The van der Waals surface area contributed by atoms with E-state index < -0.39 is 28.4 Å². The molecular formula is C7H8N4O5. The summed E-state index contributed by atoms with van der Waals surface area (Å²) >= 11 is 0. The molecule has 0 aliphatic carbocycles. The predicted molar refractivity (Wildman–Crippen MR) is 50.1 cm³/mol. The SMILES string of the molecule is CNC(=O)c1ncn(C(=O)OC)c1[N+](=O)[O-]. The smallest absolute Gasteiger partial charge is 0.434 e. The third-order valence-corrected chi connectivity index (χ3v) is 1.73. The number of rotatable bonds is 2. The minimum Gasteiger partial charge on any atom is -0.434 e. The highest BCUT2D eigenvalue weighted by Crippen LogP contribution is 2.17. The summed E-state index contributed by atoms with van der Waals surface area (Å²) < 4.78 is 4.85. The van der Waals surface area contributed by atoms with Crippen molar-refractivity contribution in [3.63, 3.8) is 0 Å². The van der Waals surface area contributed by atoms with Gasteiger partial charge in [0.1, 0.15) is 0 Å². The highest BCUT2D eigenvalue weighted by molar-refractivity contribution is 5.96. The maximum Gasteiger partial charge on any atom is 0.513 e. The number of imidazole rings is 1. The highest BCUT2D eigenvalue weighted by atomic mass is 16.6. The summed E-state index contributed by atoms with van der Waals surface area (Å²) in [4.78, 5) is 35.7. The normalized spacial score (nSPS) is 9.62. The molecule has 0 radical (unpaired) electrons. The van der Waals surface area contributed by atoms with Gasteiger partial charge in [-0.1, -0.05) is 0 Å². The molecule has 1 amide bonds. The Hall–Kier alpha value is -2.45. The van der Waals surface area contributed by atoms with Gasteiger partial charge >= 0.3 is 11.9 Å². The number of nitrogens with one attached hydrogen (secondary N) is 1. The number of aromatic nitrogens is 2. The van der Waals surface area contributed by atoms with Crippen LogP contribution < -0.4 is 5.32 Å². The summed E-state index contributed by atoms with van der Waals surface area (Å²) in [7, 11) is 2.36. The van der Waals surface area contributed by atoms with Crippen molar-refractivity contribution >= 4 is 17.8 Å². The van der Waals surface area contributed by atoms with Crippen LogP contribution in [0.4, 0.5) is 10.6 Å². The molecule has 0 fully saturated rings. The van der Waals surface area contributed by atoms with Crippen molar-refractivity contribution in [1.82, 2.24) is 14.9 Å². The van der Waals surface area contributed by atoms with Gasteiger partial charge < -0.3 is 20.2 Å². The number of hydrogen-bond acceptors (Lipinski definition) is 6. The van der Waals surface area contributed by atoms with Crippen LogP contribution in [-0.4, -0.2) is 40.6 Å². The van der Waals surface area contributed by atoms with Gasteiger partial charge in [0.15, 0.2) is 6.33 Å². The van der Waals surface area contributed by atoms with Gasteiger partial charge in [-0.25, -0.2) is 4.98 Å². The molecule has 1 heterocycles. The van der Waals surface area contributed by atoms with E-state index >= 15 is 0 Å². The molecular weight excluding hydrogens is 220 g/mol. The number of carbonyl (C=O) groups excluding carboxylic acids is 2. The van der Waals surface area contributed by atoms with E-state index in [0.717, 1.165) is 13.4 Å². The maximum absolute atomic E-state index is 11.2. The second kappa shape index (κ2) is 4.38. The monoisotopic (exact) mass is 228 g/mol. The van der Waals surface area contributed by atoms with Crippen molar-refractivity contribution < 1.29 is 19.2 Å². The Balaban J connectivity index is 3.33. The first kappa shape index (κ1) is 11.6. The van der Waals surface area contributed by atoms with Gasteiger partial charge in [-0.05, 0) is 4.92 Å². The highest BCUT2D eigenvalue weighted by Gasteiger charge is 2.30.